The van der Waals surface area contributed by atoms with E-state index >= 15 is 0 Å². The molecule has 0 radical (unpaired) electrons. The van der Waals surface area contributed by atoms with E-state index in [0.717, 1.165) is 16.5 Å². The first-order chi connectivity index (χ1) is 10.1. The summed E-state index contributed by atoms with van der Waals surface area (Å²) in [5.41, 5.74) is 0.915. The number of hydrogen-bond acceptors (Lipinski definition) is 3. The number of esters is 1. The Labute approximate surface area is 133 Å². The number of amides is 1. The molecule has 1 aromatic carbocycles. The van der Waals surface area contributed by atoms with Gasteiger partial charge in [0.2, 0.25) is 5.91 Å². The Bertz CT molecular complexity index is 514. The van der Waals surface area contributed by atoms with Gasteiger partial charge in [0.05, 0.1) is 6.61 Å². The maximum Gasteiger partial charge on any atom is 0.325 e. The van der Waals surface area contributed by atoms with Crippen LogP contribution in [0.25, 0.3) is 6.08 Å². The summed E-state index contributed by atoms with van der Waals surface area (Å²) in [5.74, 6) is -0.575. The molecule has 1 aromatic rings. The predicted molar refractivity (Wildman–Crippen MR) is 86.7 cm³/mol. The minimum atomic E-state index is -0.381. The summed E-state index contributed by atoms with van der Waals surface area (Å²) in [5, 5.41) is 0. The average molecular weight is 354 g/mol. The molecule has 0 aromatic heterocycles. The van der Waals surface area contributed by atoms with Crippen LogP contribution in [-0.2, 0) is 14.3 Å². The first-order valence-corrected chi connectivity index (χ1v) is 7.74. The van der Waals surface area contributed by atoms with Crippen molar-refractivity contribution in [3.8, 4) is 0 Å². The van der Waals surface area contributed by atoms with Crippen LogP contribution < -0.4 is 0 Å². The fourth-order valence-electron chi connectivity index (χ4n) is 1.78. The molecule has 21 heavy (non-hydrogen) atoms. The van der Waals surface area contributed by atoms with Gasteiger partial charge in [0, 0.05) is 17.1 Å². The molecule has 0 saturated carbocycles. The lowest BCUT2D eigenvalue weighted by Gasteiger charge is -2.19. The fraction of sp³-hybridized carbons (Fsp3) is 0.375. The highest BCUT2D eigenvalue weighted by molar-refractivity contribution is 9.10. The van der Waals surface area contributed by atoms with Crippen LogP contribution in [0.5, 0.6) is 0 Å². The van der Waals surface area contributed by atoms with Crippen LogP contribution in [0.1, 0.15) is 25.8 Å². The molecule has 4 nitrogen and oxygen atoms in total. The van der Waals surface area contributed by atoms with Gasteiger partial charge in [-0.2, -0.15) is 0 Å². The number of benzene rings is 1. The van der Waals surface area contributed by atoms with Crippen LogP contribution in [0.15, 0.2) is 34.8 Å². The van der Waals surface area contributed by atoms with Crippen LogP contribution in [0, 0.1) is 0 Å². The molecular weight excluding hydrogens is 334 g/mol. The van der Waals surface area contributed by atoms with Crippen molar-refractivity contribution in [3.05, 3.63) is 40.4 Å². The van der Waals surface area contributed by atoms with E-state index in [1.807, 2.05) is 31.2 Å². The molecule has 0 N–H and O–H groups in total. The number of halogens is 1. The van der Waals surface area contributed by atoms with Crippen molar-refractivity contribution in [1.82, 2.24) is 4.90 Å². The minimum absolute atomic E-state index is 0.0131. The zero-order chi connectivity index (χ0) is 15.7. The second kappa shape index (κ2) is 9.34. The molecule has 0 aliphatic heterocycles. The molecule has 0 atom stereocenters. The van der Waals surface area contributed by atoms with Crippen LogP contribution in [0.3, 0.4) is 0 Å². The van der Waals surface area contributed by atoms with Crippen molar-refractivity contribution < 1.29 is 14.3 Å². The van der Waals surface area contributed by atoms with E-state index in [4.69, 9.17) is 4.74 Å². The first kappa shape index (κ1) is 17.4. The summed E-state index contributed by atoms with van der Waals surface area (Å²) in [6.45, 7) is 4.54. The number of hydrogen-bond donors (Lipinski definition) is 0. The Morgan fingerprint density at radius 3 is 2.62 bits per heavy atom. The number of carbonyl (C=O) groups excluding carboxylic acids is 2. The predicted octanol–water partition coefficient (Wildman–Crippen LogP) is 3.26. The van der Waals surface area contributed by atoms with Crippen molar-refractivity contribution in [2.75, 3.05) is 19.7 Å². The number of carbonyl (C=O) groups is 2. The Morgan fingerprint density at radius 2 is 2.00 bits per heavy atom. The lowest BCUT2D eigenvalue weighted by Crippen LogP contribution is -2.36. The standard InChI is InChI=1S/C16H20BrNO3/c1-3-11-18(12-16(20)21-4-2)15(19)10-9-13-7-5-6-8-14(13)17/h5-10H,3-4,11-12H2,1-2H3/b10-9+. The van der Waals surface area contributed by atoms with Gasteiger partial charge in [-0.25, -0.2) is 0 Å². The summed E-state index contributed by atoms with van der Waals surface area (Å²) < 4.78 is 5.80. The Balaban J connectivity index is 2.72. The summed E-state index contributed by atoms with van der Waals surface area (Å²) >= 11 is 3.42. The zero-order valence-corrected chi connectivity index (χ0v) is 13.9. The Morgan fingerprint density at radius 1 is 1.29 bits per heavy atom. The van der Waals surface area contributed by atoms with Crippen molar-refractivity contribution in [2.24, 2.45) is 0 Å². The molecule has 0 aliphatic rings. The maximum atomic E-state index is 12.2. The van der Waals surface area contributed by atoms with Gasteiger partial charge in [0.25, 0.3) is 0 Å². The summed E-state index contributed by atoms with van der Waals surface area (Å²) in [7, 11) is 0. The monoisotopic (exact) mass is 353 g/mol. The van der Waals surface area contributed by atoms with E-state index in [2.05, 4.69) is 15.9 Å². The summed E-state index contributed by atoms with van der Waals surface area (Å²) in [6.07, 6.45) is 4.00. The van der Waals surface area contributed by atoms with E-state index in [9.17, 15) is 9.59 Å². The normalized spacial score (nSPS) is 10.6. The SMILES string of the molecule is CCCN(CC(=O)OCC)C(=O)/C=C/c1ccccc1Br. The third kappa shape index (κ3) is 6.12. The largest absolute Gasteiger partial charge is 0.465 e. The topological polar surface area (TPSA) is 46.6 Å². The Kier molecular flexibility index (Phi) is 7.75. The number of rotatable bonds is 7. The van der Waals surface area contributed by atoms with Gasteiger partial charge in [0.1, 0.15) is 6.54 Å². The molecule has 0 aliphatic carbocycles. The first-order valence-electron chi connectivity index (χ1n) is 6.95. The molecule has 0 unspecified atom stereocenters. The summed E-state index contributed by atoms with van der Waals surface area (Å²) in [4.78, 5) is 25.2. The third-order valence-electron chi connectivity index (χ3n) is 2.74. The minimum Gasteiger partial charge on any atom is -0.465 e. The smallest absolute Gasteiger partial charge is 0.325 e. The molecule has 0 heterocycles. The lowest BCUT2D eigenvalue weighted by atomic mass is 10.2. The maximum absolute atomic E-state index is 12.2. The fourth-order valence-corrected chi connectivity index (χ4v) is 2.19. The van der Waals surface area contributed by atoms with Crippen LogP contribution in [0.4, 0.5) is 0 Å². The van der Waals surface area contributed by atoms with Gasteiger partial charge in [-0.05, 0) is 31.1 Å². The Hall–Kier alpha value is -1.62. The van der Waals surface area contributed by atoms with Gasteiger partial charge in [-0.3, -0.25) is 9.59 Å². The highest BCUT2D eigenvalue weighted by Gasteiger charge is 2.14. The van der Waals surface area contributed by atoms with E-state index < -0.39 is 0 Å². The van der Waals surface area contributed by atoms with Crippen LogP contribution in [-0.4, -0.2) is 36.5 Å². The van der Waals surface area contributed by atoms with Gasteiger partial charge in [-0.1, -0.05) is 41.1 Å². The van der Waals surface area contributed by atoms with E-state index in [0.29, 0.717) is 13.2 Å². The molecule has 0 bridgehead atoms. The van der Waals surface area contributed by atoms with Crippen molar-refractivity contribution in [1.29, 1.82) is 0 Å². The lowest BCUT2D eigenvalue weighted by molar-refractivity contribution is -0.147. The zero-order valence-electron chi connectivity index (χ0n) is 12.3. The van der Waals surface area contributed by atoms with E-state index in [1.165, 1.54) is 11.0 Å². The van der Waals surface area contributed by atoms with Gasteiger partial charge < -0.3 is 9.64 Å². The van der Waals surface area contributed by atoms with Gasteiger partial charge in [-0.15, -0.1) is 0 Å². The molecular formula is C16H20BrNO3. The molecule has 0 saturated heterocycles. The van der Waals surface area contributed by atoms with Crippen molar-refractivity contribution >= 4 is 33.9 Å². The average Bonchev–Trinajstić information content (AvgIpc) is 2.46. The molecule has 114 valence electrons. The molecule has 5 heteroatoms. The third-order valence-corrected chi connectivity index (χ3v) is 3.46. The quantitative estimate of drug-likeness (QED) is 0.558. The van der Waals surface area contributed by atoms with Crippen LogP contribution >= 0.6 is 15.9 Å². The van der Waals surface area contributed by atoms with E-state index in [1.54, 1.807) is 13.0 Å². The van der Waals surface area contributed by atoms with Crippen LogP contribution in [0.2, 0.25) is 0 Å². The van der Waals surface area contributed by atoms with E-state index in [-0.39, 0.29) is 18.4 Å². The highest BCUT2D eigenvalue weighted by Crippen LogP contribution is 2.17. The summed E-state index contributed by atoms with van der Waals surface area (Å²) in [6, 6.07) is 7.63. The highest BCUT2D eigenvalue weighted by atomic mass is 79.9. The molecule has 1 amide bonds. The molecule has 0 fully saturated rings. The van der Waals surface area contributed by atoms with Gasteiger partial charge >= 0.3 is 5.97 Å². The number of nitrogens with zero attached hydrogens (tertiary/aromatic N) is 1. The second-order valence-electron chi connectivity index (χ2n) is 4.42. The van der Waals surface area contributed by atoms with Gasteiger partial charge in [0.15, 0.2) is 0 Å². The molecule has 0 spiro atoms. The molecule has 1 rings (SSSR count). The number of ether oxygens (including phenoxy) is 1. The van der Waals surface area contributed by atoms with Crippen molar-refractivity contribution in [3.63, 3.8) is 0 Å². The van der Waals surface area contributed by atoms with Crippen molar-refractivity contribution in [2.45, 2.75) is 20.3 Å². The second-order valence-corrected chi connectivity index (χ2v) is 5.27.